The lowest BCUT2D eigenvalue weighted by Gasteiger charge is -2.15. The first-order valence-electron chi connectivity index (χ1n) is 7.11. The van der Waals surface area contributed by atoms with Crippen LogP contribution in [0.25, 0.3) is 0 Å². The summed E-state index contributed by atoms with van der Waals surface area (Å²) in [6.07, 6.45) is 3.75. The Morgan fingerprint density at radius 3 is 2.50 bits per heavy atom. The van der Waals surface area contributed by atoms with Crippen LogP contribution in [0.4, 0.5) is 11.4 Å². The van der Waals surface area contributed by atoms with E-state index in [9.17, 15) is 4.79 Å². The van der Waals surface area contributed by atoms with E-state index >= 15 is 0 Å². The minimum absolute atomic E-state index is 0.0183. The van der Waals surface area contributed by atoms with Crippen molar-refractivity contribution < 1.29 is 4.79 Å². The largest absolute Gasteiger partial charge is 0.355 e. The molecule has 0 saturated carbocycles. The van der Waals surface area contributed by atoms with Gasteiger partial charge in [0, 0.05) is 30.7 Å². The van der Waals surface area contributed by atoms with Gasteiger partial charge < -0.3 is 10.2 Å². The number of benzene rings is 1. The molecule has 1 fully saturated rings. The molecule has 0 bridgehead atoms. The predicted octanol–water partition coefficient (Wildman–Crippen LogP) is 4.37. The molecule has 4 nitrogen and oxygen atoms in total. The molecular weight excluding hydrogens is 321 g/mol. The summed E-state index contributed by atoms with van der Waals surface area (Å²) >= 11 is 11.9. The number of carbonyl (C=O) groups excluding carboxylic acids is 1. The second kappa shape index (κ2) is 6.55. The number of hydrogen-bond donors (Lipinski definition) is 1. The van der Waals surface area contributed by atoms with Crippen LogP contribution in [0.2, 0.25) is 10.0 Å². The first-order valence-corrected chi connectivity index (χ1v) is 7.86. The normalized spacial score (nSPS) is 14.2. The van der Waals surface area contributed by atoms with Gasteiger partial charge in [-0.05, 0) is 43.2 Å². The highest BCUT2D eigenvalue weighted by Crippen LogP contribution is 2.27. The van der Waals surface area contributed by atoms with Crippen molar-refractivity contribution in [2.75, 3.05) is 18.4 Å². The Kier molecular flexibility index (Phi) is 4.50. The molecule has 0 radical (unpaired) electrons. The maximum atomic E-state index is 12.3. The third kappa shape index (κ3) is 3.34. The molecule has 2 heterocycles. The Morgan fingerprint density at radius 2 is 1.77 bits per heavy atom. The van der Waals surface area contributed by atoms with Gasteiger partial charge in [0.2, 0.25) is 0 Å². The van der Waals surface area contributed by atoms with Crippen LogP contribution in [0.3, 0.4) is 0 Å². The smallest absolute Gasteiger partial charge is 0.272 e. The first-order chi connectivity index (χ1) is 10.6. The standard InChI is InChI=1S/C16H15Cl2N3O/c17-13-4-3-11(9-14(13)18)20-12-5-6-19-15(10-12)16(22)21-7-1-2-8-21/h3-6,9-10H,1-2,7-8H2,(H,19,20). The molecular formula is C16H15Cl2N3O. The summed E-state index contributed by atoms with van der Waals surface area (Å²) in [5.41, 5.74) is 2.04. The van der Waals surface area contributed by atoms with Crippen LogP contribution in [0, 0.1) is 0 Å². The first kappa shape index (κ1) is 15.1. The summed E-state index contributed by atoms with van der Waals surface area (Å²) in [6, 6.07) is 8.86. The van der Waals surface area contributed by atoms with Crippen LogP contribution < -0.4 is 5.32 Å². The summed E-state index contributed by atoms with van der Waals surface area (Å²) < 4.78 is 0. The van der Waals surface area contributed by atoms with Gasteiger partial charge in [-0.1, -0.05) is 23.2 Å². The molecule has 3 rings (SSSR count). The molecule has 22 heavy (non-hydrogen) atoms. The Morgan fingerprint density at radius 1 is 1.05 bits per heavy atom. The minimum Gasteiger partial charge on any atom is -0.355 e. The van der Waals surface area contributed by atoms with E-state index < -0.39 is 0 Å². The number of halogens is 2. The maximum Gasteiger partial charge on any atom is 0.272 e. The molecule has 1 aromatic carbocycles. The Hall–Kier alpha value is -1.78. The van der Waals surface area contributed by atoms with Crippen LogP contribution in [0.15, 0.2) is 36.5 Å². The highest BCUT2D eigenvalue weighted by molar-refractivity contribution is 6.42. The number of nitrogens with one attached hydrogen (secondary N) is 1. The predicted molar refractivity (Wildman–Crippen MR) is 89.1 cm³/mol. The van der Waals surface area contributed by atoms with Crippen LogP contribution >= 0.6 is 23.2 Å². The number of amides is 1. The lowest BCUT2D eigenvalue weighted by Crippen LogP contribution is -2.28. The lowest BCUT2D eigenvalue weighted by atomic mass is 10.2. The van der Waals surface area contributed by atoms with Gasteiger partial charge in [-0.25, -0.2) is 0 Å². The number of aromatic nitrogens is 1. The summed E-state index contributed by atoms with van der Waals surface area (Å²) in [7, 11) is 0. The van der Waals surface area contributed by atoms with Crippen molar-refractivity contribution in [3.8, 4) is 0 Å². The van der Waals surface area contributed by atoms with Crippen molar-refractivity contribution >= 4 is 40.5 Å². The third-order valence-corrected chi connectivity index (χ3v) is 4.32. The van der Waals surface area contributed by atoms with Crippen LogP contribution in [-0.4, -0.2) is 28.9 Å². The summed E-state index contributed by atoms with van der Waals surface area (Å²) in [5.74, 6) is -0.0183. The van der Waals surface area contributed by atoms with Gasteiger partial charge in [0.05, 0.1) is 10.0 Å². The zero-order chi connectivity index (χ0) is 15.5. The van der Waals surface area contributed by atoms with E-state index in [0.717, 1.165) is 37.3 Å². The number of likely N-dealkylation sites (tertiary alicyclic amines) is 1. The highest BCUT2D eigenvalue weighted by atomic mass is 35.5. The van der Waals surface area contributed by atoms with Crippen molar-refractivity contribution in [2.24, 2.45) is 0 Å². The van der Waals surface area contributed by atoms with Crippen molar-refractivity contribution in [3.05, 3.63) is 52.3 Å². The number of carbonyl (C=O) groups is 1. The molecule has 1 aliphatic heterocycles. The van der Waals surface area contributed by atoms with E-state index in [-0.39, 0.29) is 5.91 Å². The fraction of sp³-hybridized carbons (Fsp3) is 0.250. The SMILES string of the molecule is O=C(c1cc(Nc2ccc(Cl)c(Cl)c2)ccn1)N1CCCC1. The molecule has 6 heteroatoms. The number of hydrogen-bond acceptors (Lipinski definition) is 3. The number of rotatable bonds is 3. The van der Waals surface area contributed by atoms with E-state index in [4.69, 9.17) is 23.2 Å². The molecule has 0 aliphatic carbocycles. The molecule has 0 unspecified atom stereocenters. The van der Waals surface area contributed by atoms with Gasteiger partial charge in [0.15, 0.2) is 0 Å². The Balaban J connectivity index is 1.78. The zero-order valence-corrected chi connectivity index (χ0v) is 13.4. The van der Waals surface area contributed by atoms with Crippen molar-refractivity contribution in [1.82, 2.24) is 9.88 Å². The molecule has 1 aromatic heterocycles. The zero-order valence-electron chi connectivity index (χ0n) is 11.9. The van der Waals surface area contributed by atoms with Gasteiger partial charge in [-0.2, -0.15) is 0 Å². The van der Waals surface area contributed by atoms with Crippen LogP contribution in [0.1, 0.15) is 23.3 Å². The lowest BCUT2D eigenvalue weighted by molar-refractivity contribution is 0.0787. The number of nitrogens with zero attached hydrogens (tertiary/aromatic N) is 2. The van der Waals surface area contributed by atoms with E-state index in [1.165, 1.54) is 0 Å². The number of anilines is 2. The molecule has 2 aromatic rings. The second-order valence-corrected chi connectivity index (χ2v) is 6.00. The van der Waals surface area contributed by atoms with Gasteiger partial charge >= 0.3 is 0 Å². The van der Waals surface area contributed by atoms with Crippen molar-refractivity contribution in [3.63, 3.8) is 0 Å². The van der Waals surface area contributed by atoms with E-state index in [2.05, 4.69) is 10.3 Å². The van der Waals surface area contributed by atoms with Gasteiger partial charge in [0.1, 0.15) is 5.69 Å². The maximum absolute atomic E-state index is 12.3. The van der Waals surface area contributed by atoms with E-state index in [0.29, 0.717) is 15.7 Å². The van der Waals surface area contributed by atoms with E-state index in [1.54, 1.807) is 24.4 Å². The van der Waals surface area contributed by atoms with Gasteiger partial charge in [-0.15, -0.1) is 0 Å². The monoisotopic (exact) mass is 335 g/mol. The molecule has 0 atom stereocenters. The summed E-state index contributed by atoms with van der Waals surface area (Å²) in [5, 5.41) is 4.19. The molecule has 1 saturated heterocycles. The van der Waals surface area contributed by atoms with Crippen LogP contribution in [0.5, 0.6) is 0 Å². The summed E-state index contributed by atoms with van der Waals surface area (Å²) in [6.45, 7) is 1.62. The Bertz CT molecular complexity index is 700. The fourth-order valence-corrected chi connectivity index (χ4v) is 2.75. The average molecular weight is 336 g/mol. The van der Waals surface area contributed by atoms with Gasteiger partial charge in [-0.3, -0.25) is 9.78 Å². The van der Waals surface area contributed by atoms with Crippen molar-refractivity contribution in [2.45, 2.75) is 12.8 Å². The second-order valence-electron chi connectivity index (χ2n) is 5.18. The van der Waals surface area contributed by atoms with E-state index in [1.807, 2.05) is 17.0 Å². The topological polar surface area (TPSA) is 45.2 Å². The molecule has 0 spiro atoms. The fourth-order valence-electron chi connectivity index (χ4n) is 2.45. The van der Waals surface area contributed by atoms with Crippen LogP contribution in [-0.2, 0) is 0 Å². The van der Waals surface area contributed by atoms with Gasteiger partial charge in [0.25, 0.3) is 5.91 Å². The molecule has 1 amide bonds. The molecule has 1 N–H and O–H groups in total. The minimum atomic E-state index is -0.0183. The average Bonchev–Trinajstić information content (AvgIpc) is 3.05. The molecule has 1 aliphatic rings. The number of pyridine rings is 1. The third-order valence-electron chi connectivity index (χ3n) is 3.58. The Labute approximate surface area is 139 Å². The summed E-state index contributed by atoms with van der Waals surface area (Å²) in [4.78, 5) is 18.4. The quantitative estimate of drug-likeness (QED) is 0.905. The van der Waals surface area contributed by atoms with Crippen molar-refractivity contribution in [1.29, 1.82) is 0 Å². The highest BCUT2D eigenvalue weighted by Gasteiger charge is 2.20. The molecule has 114 valence electrons.